The van der Waals surface area contributed by atoms with Crippen LogP contribution in [0, 0.1) is 5.92 Å². The van der Waals surface area contributed by atoms with Crippen molar-refractivity contribution in [3.05, 3.63) is 54.1 Å². The molecule has 0 N–H and O–H groups in total. The number of unbranched alkanes of at least 4 members (excludes halogenated alkanes) is 8. The summed E-state index contributed by atoms with van der Waals surface area (Å²) in [4.78, 5) is 0. The molecule has 2 aromatic rings. The quantitative estimate of drug-likeness (QED) is 0.205. The molecule has 0 saturated carbocycles. The van der Waals surface area contributed by atoms with Crippen LogP contribution in [0.4, 0.5) is 0 Å². The Bertz CT molecular complexity index is 814. The minimum Gasteiger partial charge on any atom is -0.494 e. The van der Waals surface area contributed by atoms with E-state index in [2.05, 4.69) is 69.3 Å². The summed E-state index contributed by atoms with van der Waals surface area (Å²) in [6.45, 7) is 8.39. The molecule has 1 aliphatic heterocycles. The standard InChI is InChI=1S/C33H50O3/c1-4-6-8-10-11-12-14-31-26-35-33(36-27(31)3)24-17-28-15-18-29(19-16-28)30-20-22-32(23-21-30)34-25-13-9-7-5-2/h15-16,18-23,27,31,33H,4-14,17,24-26H2,1-3H3/t27-,31+,33+/m0/s1. The molecule has 0 spiro atoms. The Morgan fingerprint density at radius 3 is 2.00 bits per heavy atom. The van der Waals surface area contributed by atoms with Crippen LogP contribution in [0.5, 0.6) is 5.75 Å². The molecule has 3 nitrogen and oxygen atoms in total. The smallest absolute Gasteiger partial charge is 0.158 e. The maximum absolute atomic E-state index is 6.23. The summed E-state index contributed by atoms with van der Waals surface area (Å²) in [6.07, 6.45) is 16.4. The van der Waals surface area contributed by atoms with Gasteiger partial charge >= 0.3 is 0 Å². The summed E-state index contributed by atoms with van der Waals surface area (Å²) in [7, 11) is 0. The van der Waals surface area contributed by atoms with E-state index in [9.17, 15) is 0 Å². The van der Waals surface area contributed by atoms with Gasteiger partial charge in [-0.05, 0) is 55.0 Å². The molecule has 3 heteroatoms. The van der Waals surface area contributed by atoms with E-state index in [1.807, 2.05) is 0 Å². The van der Waals surface area contributed by atoms with E-state index < -0.39 is 0 Å². The van der Waals surface area contributed by atoms with Crippen molar-refractivity contribution in [2.24, 2.45) is 5.92 Å². The van der Waals surface area contributed by atoms with Gasteiger partial charge in [0.2, 0.25) is 0 Å². The fourth-order valence-electron chi connectivity index (χ4n) is 5.02. The average molecular weight is 495 g/mol. The first kappa shape index (κ1) is 28.7. The summed E-state index contributed by atoms with van der Waals surface area (Å²) < 4.78 is 18.2. The maximum Gasteiger partial charge on any atom is 0.158 e. The normalized spacial score (nSPS) is 19.9. The monoisotopic (exact) mass is 494 g/mol. The summed E-state index contributed by atoms with van der Waals surface area (Å²) in [5.41, 5.74) is 3.80. The summed E-state index contributed by atoms with van der Waals surface area (Å²) in [6, 6.07) is 17.4. The predicted octanol–water partition coefficient (Wildman–Crippen LogP) is 9.37. The lowest BCUT2D eigenvalue weighted by Gasteiger charge is -2.35. The van der Waals surface area contributed by atoms with Gasteiger partial charge in [0.1, 0.15) is 5.75 Å². The fraction of sp³-hybridized carbons (Fsp3) is 0.636. The zero-order valence-corrected chi connectivity index (χ0v) is 23.2. The van der Waals surface area contributed by atoms with Gasteiger partial charge in [-0.2, -0.15) is 0 Å². The Morgan fingerprint density at radius 2 is 1.33 bits per heavy atom. The number of aryl methyl sites for hydroxylation is 1. The number of benzene rings is 2. The van der Waals surface area contributed by atoms with E-state index in [0.717, 1.165) is 38.2 Å². The molecule has 1 saturated heterocycles. The number of rotatable bonds is 17. The van der Waals surface area contributed by atoms with Gasteiger partial charge in [-0.1, -0.05) is 108 Å². The summed E-state index contributed by atoms with van der Waals surface area (Å²) in [5, 5.41) is 0. The average Bonchev–Trinajstić information content (AvgIpc) is 2.91. The van der Waals surface area contributed by atoms with E-state index >= 15 is 0 Å². The van der Waals surface area contributed by atoms with Crippen molar-refractivity contribution in [3.63, 3.8) is 0 Å². The molecule has 3 atom stereocenters. The van der Waals surface area contributed by atoms with Crippen molar-refractivity contribution < 1.29 is 14.2 Å². The van der Waals surface area contributed by atoms with Crippen LogP contribution in [-0.4, -0.2) is 25.6 Å². The molecule has 200 valence electrons. The molecule has 1 heterocycles. The summed E-state index contributed by atoms with van der Waals surface area (Å²) >= 11 is 0. The molecular formula is C33H50O3. The van der Waals surface area contributed by atoms with Crippen molar-refractivity contribution in [1.82, 2.24) is 0 Å². The highest BCUT2D eigenvalue weighted by atomic mass is 16.7. The van der Waals surface area contributed by atoms with Crippen molar-refractivity contribution in [1.29, 1.82) is 0 Å². The molecule has 0 bridgehead atoms. The molecule has 0 aliphatic carbocycles. The minimum atomic E-state index is -0.0741. The van der Waals surface area contributed by atoms with E-state index in [1.165, 1.54) is 80.9 Å². The van der Waals surface area contributed by atoms with Gasteiger partial charge in [0, 0.05) is 12.3 Å². The van der Waals surface area contributed by atoms with Gasteiger partial charge in [0.25, 0.3) is 0 Å². The van der Waals surface area contributed by atoms with Gasteiger partial charge in [-0.25, -0.2) is 0 Å². The van der Waals surface area contributed by atoms with Crippen LogP contribution >= 0.6 is 0 Å². The first-order valence-electron chi connectivity index (χ1n) is 14.8. The Hall–Kier alpha value is -1.84. The van der Waals surface area contributed by atoms with E-state index in [4.69, 9.17) is 14.2 Å². The Labute approximate surface area is 220 Å². The second-order valence-electron chi connectivity index (χ2n) is 10.6. The van der Waals surface area contributed by atoms with Crippen LogP contribution in [0.3, 0.4) is 0 Å². The van der Waals surface area contributed by atoms with E-state index in [0.29, 0.717) is 12.0 Å². The first-order chi connectivity index (χ1) is 17.7. The molecule has 1 fully saturated rings. The van der Waals surface area contributed by atoms with Gasteiger partial charge in [0.05, 0.1) is 19.3 Å². The largest absolute Gasteiger partial charge is 0.494 e. The lowest BCUT2D eigenvalue weighted by molar-refractivity contribution is -0.234. The molecule has 36 heavy (non-hydrogen) atoms. The van der Waals surface area contributed by atoms with E-state index in [1.54, 1.807) is 0 Å². The molecular weight excluding hydrogens is 444 g/mol. The van der Waals surface area contributed by atoms with Crippen LogP contribution in [0.15, 0.2) is 48.5 Å². The molecule has 0 unspecified atom stereocenters. The second-order valence-corrected chi connectivity index (χ2v) is 10.6. The maximum atomic E-state index is 6.23. The molecule has 0 aromatic heterocycles. The molecule has 3 rings (SSSR count). The van der Waals surface area contributed by atoms with Crippen molar-refractivity contribution in [2.75, 3.05) is 13.2 Å². The minimum absolute atomic E-state index is 0.0741. The molecule has 0 amide bonds. The SMILES string of the molecule is CCCCCCCC[C@@H]1CO[C@@H](CCc2ccc(-c3ccc(OCCCCCC)cc3)cc2)O[C@H]1C. The van der Waals surface area contributed by atoms with Crippen LogP contribution in [-0.2, 0) is 15.9 Å². The first-order valence-corrected chi connectivity index (χ1v) is 14.8. The Balaban J connectivity index is 1.35. The summed E-state index contributed by atoms with van der Waals surface area (Å²) in [5.74, 6) is 1.51. The van der Waals surface area contributed by atoms with Crippen LogP contribution < -0.4 is 4.74 Å². The zero-order chi connectivity index (χ0) is 25.4. The Morgan fingerprint density at radius 1 is 0.722 bits per heavy atom. The highest BCUT2D eigenvalue weighted by Gasteiger charge is 2.28. The van der Waals surface area contributed by atoms with Crippen molar-refractivity contribution in [2.45, 2.75) is 117 Å². The molecule has 0 radical (unpaired) electrons. The van der Waals surface area contributed by atoms with Crippen molar-refractivity contribution >= 4 is 0 Å². The van der Waals surface area contributed by atoms with Gasteiger partial charge in [0.15, 0.2) is 6.29 Å². The van der Waals surface area contributed by atoms with Gasteiger partial charge < -0.3 is 14.2 Å². The number of ether oxygens (including phenoxy) is 3. The van der Waals surface area contributed by atoms with Crippen molar-refractivity contribution in [3.8, 4) is 16.9 Å². The highest BCUT2D eigenvalue weighted by molar-refractivity contribution is 5.64. The van der Waals surface area contributed by atoms with Crippen LogP contribution in [0.25, 0.3) is 11.1 Å². The molecule has 2 aromatic carbocycles. The second kappa shape index (κ2) is 16.8. The number of hydrogen-bond donors (Lipinski definition) is 0. The zero-order valence-electron chi connectivity index (χ0n) is 23.2. The predicted molar refractivity (Wildman–Crippen MR) is 152 cm³/mol. The molecule has 1 aliphatic rings. The lowest BCUT2D eigenvalue weighted by Crippen LogP contribution is -2.38. The highest BCUT2D eigenvalue weighted by Crippen LogP contribution is 2.27. The third-order valence-electron chi connectivity index (χ3n) is 7.53. The third kappa shape index (κ3) is 10.3. The fourth-order valence-corrected chi connectivity index (χ4v) is 5.02. The van der Waals surface area contributed by atoms with Crippen LogP contribution in [0.1, 0.15) is 103 Å². The third-order valence-corrected chi connectivity index (χ3v) is 7.53. The number of hydrogen-bond acceptors (Lipinski definition) is 3. The topological polar surface area (TPSA) is 27.7 Å². The van der Waals surface area contributed by atoms with E-state index in [-0.39, 0.29) is 6.29 Å². The van der Waals surface area contributed by atoms with Crippen LogP contribution in [0.2, 0.25) is 0 Å². The van der Waals surface area contributed by atoms with Gasteiger partial charge in [-0.15, -0.1) is 0 Å². The Kier molecular flexibility index (Phi) is 13.4. The lowest BCUT2D eigenvalue weighted by atomic mass is 9.95. The van der Waals surface area contributed by atoms with Gasteiger partial charge in [-0.3, -0.25) is 0 Å².